The van der Waals surface area contributed by atoms with Crippen molar-refractivity contribution in [1.29, 1.82) is 0 Å². The molecule has 128 valence electrons. The van der Waals surface area contributed by atoms with Crippen LogP contribution < -0.4 is 4.90 Å². The van der Waals surface area contributed by atoms with Gasteiger partial charge in [-0.3, -0.25) is 9.59 Å². The van der Waals surface area contributed by atoms with Gasteiger partial charge >= 0.3 is 5.97 Å². The first-order valence-electron chi connectivity index (χ1n) is 8.34. The maximum absolute atomic E-state index is 12.8. The molecular weight excluding hydrogens is 308 g/mol. The second-order valence-corrected chi connectivity index (χ2v) is 6.09. The third-order valence-corrected chi connectivity index (χ3v) is 4.49. The molecule has 3 rings (SSSR count). The van der Waals surface area contributed by atoms with Gasteiger partial charge in [-0.2, -0.15) is 0 Å². The molecule has 0 spiro atoms. The van der Waals surface area contributed by atoms with Crippen LogP contribution in [-0.4, -0.2) is 40.7 Å². The number of nitrogens with one attached hydrogen (secondary N) is 1. The molecule has 0 aliphatic carbocycles. The van der Waals surface area contributed by atoms with E-state index in [1.165, 1.54) is 0 Å². The number of hydrogen-bond acceptors (Lipinski definition) is 3. The number of amides is 1. The highest BCUT2D eigenvalue weighted by atomic mass is 16.5. The molecule has 2 aromatic rings. The predicted molar refractivity (Wildman–Crippen MR) is 91.1 cm³/mol. The van der Waals surface area contributed by atoms with Crippen molar-refractivity contribution in [2.45, 2.75) is 44.8 Å². The summed E-state index contributed by atoms with van der Waals surface area (Å²) in [6, 6.07) is 7.86. The first-order valence-corrected chi connectivity index (χ1v) is 8.34. The van der Waals surface area contributed by atoms with Crippen LogP contribution in [-0.2, 0) is 14.3 Å². The summed E-state index contributed by atoms with van der Waals surface area (Å²) in [7, 11) is 0. The van der Waals surface area contributed by atoms with Crippen molar-refractivity contribution >= 4 is 28.5 Å². The lowest BCUT2D eigenvalue weighted by Gasteiger charge is -2.24. The van der Waals surface area contributed by atoms with Crippen LogP contribution in [0.25, 0.3) is 10.9 Å². The van der Waals surface area contributed by atoms with Crippen LogP contribution >= 0.6 is 0 Å². The molecule has 1 aromatic heterocycles. The van der Waals surface area contributed by atoms with Crippen LogP contribution in [0, 0.1) is 0 Å². The van der Waals surface area contributed by atoms with Gasteiger partial charge in [0.05, 0.1) is 6.10 Å². The number of aliphatic carboxylic acids is 1. The zero-order valence-corrected chi connectivity index (χ0v) is 13.7. The lowest BCUT2D eigenvalue weighted by Crippen LogP contribution is -2.39. The summed E-state index contributed by atoms with van der Waals surface area (Å²) in [5.41, 5.74) is 1.89. The maximum atomic E-state index is 12.8. The number of carbonyl (C=O) groups excluding carboxylic acids is 1. The average Bonchev–Trinajstić information content (AvgIpc) is 3.22. The number of carboxylic acid groups (broad SMARTS) is 1. The Bertz CT molecular complexity index is 739. The number of fused-ring (bicyclic) bond motifs is 1. The number of carboxylic acids is 1. The van der Waals surface area contributed by atoms with Crippen LogP contribution in [0.2, 0.25) is 0 Å². The van der Waals surface area contributed by atoms with Gasteiger partial charge in [0, 0.05) is 35.8 Å². The lowest BCUT2D eigenvalue weighted by molar-refractivity contribution is -0.138. The van der Waals surface area contributed by atoms with Gasteiger partial charge < -0.3 is 19.7 Å². The Morgan fingerprint density at radius 1 is 1.33 bits per heavy atom. The summed E-state index contributed by atoms with van der Waals surface area (Å²) < 4.78 is 5.79. The fraction of sp³-hybridized carbons (Fsp3) is 0.444. The van der Waals surface area contributed by atoms with Crippen LogP contribution in [0.4, 0.5) is 5.69 Å². The van der Waals surface area contributed by atoms with Gasteiger partial charge in [0.2, 0.25) is 0 Å². The fourth-order valence-corrected chi connectivity index (χ4v) is 3.23. The van der Waals surface area contributed by atoms with E-state index in [1.54, 1.807) is 4.90 Å². The van der Waals surface area contributed by atoms with Gasteiger partial charge in [0.25, 0.3) is 5.91 Å². The Balaban J connectivity index is 1.69. The molecule has 0 radical (unpaired) electrons. The SMILES string of the molecule is CCN(C(=O)[C@@H]1CC[C@H](CCC(=O)O)O1)c1ccc2[nH]ccc2c1. The van der Waals surface area contributed by atoms with E-state index in [4.69, 9.17) is 9.84 Å². The van der Waals surface area contributed by atoms with Crippen LogP contribution in [0.5, 0.6) is 0 Å². The molecule has 1 fully saturated rings. The number of rotatable bonds is 6. The van der Waals surface area contributed by atoms with Gasteiger partial charge in [0.1, 0.15) is 6.10 Å². The zero-order chi connectivity index (χ0) is 17.1. The maximum Gasteiger partial charge on any atom is 0.303 e. The standard InChI is InChI=1S/C18H22N2O4/c1-2-20(13-3-6-15-12(11-13)9-10-19-15)18(23)16-7-4-14(24-16)5-8-17(21)22/h3,6,9-11,14,16,19H,2,4-5,7-8H2,1H3,(H,21,22)/t14-,16+/m1/s1. The molecule has 1 aromatic carbocycles. The highest BCUT2D eigenvalue weighted by molar-refractivity contribution is 5.98. The third-order valence-electron chi connectivity index (χ3n) is 4.49. The van der Waals surface area contributed by atoms with E-state index in [0.29, 0.717) is 19.4 Å². The van der Waals surface area contributed by atoms with Crippen molar-refractivity contribution in [2.75, 3.05) is 11.4 Å². The topological polar surface area (TPSA) is 82.6 Å². The molecule has 2 heterocycles. The van der Waals surface area contributed by atoms with Crippen LogP contribution in [0.3, 0.4) is 0 Å². The van der Waals surface area contributed by atoms with Crippen molar-refractivity contribution in [2.24, 2.45) is 0 Å². The van der Waals surface area contributed by atoms with Crippen LogP contribution in [0.15, 0.2) is 30.5 Å². The minimum Gasteiger partial charge on any atom is -0.481 e. The number of hydrogen-bond donors (Lipinski definition) is 2. The average molecular weight is 330 g/mol. The molecule has 24 heavy (non-hydrogen) atoms. The number of anilines is 1. The summed E-state index contributed by atoms with van der Waals surface area (Å²) in [6.45, 7) is 2.50. The number of aromatic nitrogens is 1. The van der Waals surface area contributed by atoms with E-state index in [2.05, 4.69) is 4.98 Å². The van der Waals surface area contributed by atoms with Gasteiger partial charge in [-0.05, 0) is 50.5 Å². The smallest absolute Gasteiger partial charge is 0.303 e. The molecule has 0 bridgehead atoms. The molecule has 6 heteroatoms. The minimum absolute atomic E-state index is 0.0507. The van der Waals surface area contributed by atoms with Crippen molar-refractivity contribution in [3.63, 3.8) is 0 Å². The summed E-state index contributed by atoms with van der Waals surface area (Å²) in [6.07, 6.45) is 3.17. The second-order valence-electron chi connectivity index (χ2n) is 6.09. The zero-order valence-electron chi connectivity index (χ0n) is 13.7. The Morgan fingerprint density at radius 2 is 2.17 bits per heavy atom. The number of nitrogens with zero attached hydrogens (tertiary/aromatic N) is 1. The van der Waals surface area contributed by atoms with Gasteiger partial charge in [0.15, 0.2) is 0 Å². The number of benzene rings is 1. The van der Waals surface area contributed by atoms with Gasteiger partial charge in [-0.15, -0.1) is 0 Å². The van der Waals surface area contributed by atoms with E-state index in [0.717, 1.165) is 23.0 Å². The minimum atomic E-state index is -0.830. The Morgan fingerprint density at radius 3 is 2.92 bits per heavy atom. The Labute approximate surface area is 140 Å². The molecule has 0 unspecified atom stereocenters. The van der Waals surface area contributed by atoms with Gasteiger partial charge in [-0.1, -0.05) is 0 Å². The molecule has 2 N–H and O–H groups in total. The fourth-order valence-electron chi connectivity index (χ4n) is 3.23. The van der Waals surface area contributed by atoms with E-state index in [1.807, 2.05) is 37.4 Å². The molecule has 0 saturated carbocycles. The highest BCUT2D eigenvalue weighted by Gasteiger charge is 2.33. The Kier molecular flexibility index (Phi) is 4.85. The van der Waals surface area contributed by atoms with E-state index in [-0.39, 0.29) is 18.4 Å². The predicted octanol–water partition coefficient (Wildman–Crippen LogP) is 2.93. The van der Waals surface area contributed by atoms with Gasteiger partial charge in [-0.25, -0.2) is 0 Å². The molecule has 2 atom stereocenters. The van der Waals surface area contributed by atoms with Crippen molar-refractivity contribution in [1.82, 2.24) is 4.98 Å². The first-order chi connectivity index (χ1) is 11.6. The Hall–Kier alpha value is -2.34. The number of likely N-dealkylation sites (N-methyl/N-ethyl adjacent to an activating group) is 1. The molecule has 1 aliphatic heterocycles. The monoisotopic (exact) mass is 330 g/mol. The van der Waals surface area contributed by atoms with E-state index in [9.17, 15) is 9.59 Å². The van der Waals surface area contributed by atoms with Crippen LogP contribution in [0.1, 0.15) is 32.6 Å². The largest absolute Gasteiger partial charge is 0.481 e. The van der Waals surface area contributed by atoms with E-state index < -0.39 is 12.1 Å². The number of aromatic amines is 1. The van der Waals surface area contributed by atoms with Crippen molar-refractivity contribution in [3.05, 3.63) is 30.5 Å². The first kappa shape index (κ1) is 16.5. The third kappa shape index (κ3) is 3.43. The quantitative estimate of drug-likeness (QED) is 0.853. The number of ether oxygens (including phenoxy) is 1. The molecule has 1 saturated heterocycles. The summed E-state index contributed by atoms with van der Waals surface area (Å²) in [5.74, 6) is -0.881. The molecular formula is C18H22N2O4. The molecule has 1 amide bonds. The highest BCUT2D eigenvalue weighted by Crippen LogP contribution is 2.27. The van der Waals surface area contributed by atoms with Crippen molar-refractivity contribution < 1.29 is 19.4 Å². The van der Waals surface area contributed by atoms with E-state index >= 15 is 0 Å². The summed E-state index contributed by atoms with van der Waals surface area (Å²) in [4.78, 5) is 28.3. The summed E-state index contributed by atoms with van der Waals surface area (Å²) in [5, 5.41) is 9.82. The molecule has 1 aliphatic rings. The molecule has 6 nitrogen and oxygen atoms in total. The number of carbonyl (C=O) groups is 2. The number of H-pyrrole nitrogens is 1. The normalized spacial score (nSPS) is 20.4. The summed E-state index contributed by atoms with van der Waals surface area (Å²) >= 11 is 0. The second kappa shape index (κ2) is 7.05. The lowest BCUT2D eigenvalue weighted by atomic mass is 10.1. The van der Waals surface area contributed by atoms with Crippen molar-refractivity contribution in [3.8, 4) is 0 Å².